The van der Waals surface area contributed by atoms with Crippen LogP contribution in [0.2, 0.25) is 0 Å². The maximum Gasteiger partial charge on any atom is 0.276 e. The summed E-state index contributed by atoms with van der Waals surface area (Å²) in [6.07, 6.45) is 6.51. The summed E-state index contributed by atoms with van der Waals surface area (Å²) >= 11 is 1.67. The number of carbonyl (C=O) groups excluding carboxylic acids is 1. The van der Waals surface area contributed by atoms with Crippen LogP contribution >= 0.6 is 11.9 Å². The Labute approximate surface area is 160 Å². The van der Waals surface area contributed by atoms with E-state index in [1.54, 1.807) is 19.1 Å². The molecule has 1 aliphatic heterocycles. The first-order valence-electron chi connectivity index (χ1n) is 9.21. The average molecular weight is 374 g/mol. The van der Waals surface area contributed by atoms with Crippen molar-refractivity contribution < 1.29 is 9.53 Å². The first-order valence-corrected chi connectivity index (χ1v) is 10.0. The van der Waals surface area contributed by atoms with Gasteiger partial charge in [-0.2, -0.15) is 5.10 Å². The van der Waals surface area contributed by atoms with Gasteiger partial charge in [0.25, 0.3) is 5.91 Å². The molecular weight excluding hydrogens is 346 g/mol. The Balaban J connectivity index is 1.81. The number of amides is 1. The van der Waals surface area contributed by atoms with E-state index in [1.807, 2.05) is 33.6 Å². The minimum absolute atomic E-state index is 0.0366. The molecular formula is C20H27N3O2S. The van der Waals surface area contributed by atoms with Crippen LogP contribution in [0.15, 0.2) is 41.0 Å². The minimum Gasteiger partial charge on any atom is -0.497 e. The van der Waals surface area contributed by atoms with Crippen molar-refractivity contribution >= 4 is 23.6 Å². The predicted molar refractivity (Wildman–Crippen MR) is 107 cm³/mol. The van der Waals surface area contributed by atoms with E-state index in [1.165, 1.54) is 6.42 Å². The van der Waals surface area contributed by atoms with Gasteiger partial charge in [0.1, 0.15) is 12.4 Å². The zero-order chi connectivity index (χ0) is 18.5. The van der Waals surface area contributed by atoms with Crippen LogP contribution in [-0.2, 0) is 11.3 Å². The van der Waals surface area contributed by atoms with Gasteiger partial charge >= 0.3 is 0 Å². The Kier molecular flexibility index (Phi) is 6.25. The summed E-state index contributed by atoms with van der Waals surface area (Å²) < 4.78 is 7.18. The van der Waals surface area contributed by atoms with Crippen LogP contribution in [0.1, 0.15) is 45.1 Å². The van der Waals surface area contributed by atoms with E-state index in [2.05, 4.69) is 25.0 Å². The second kappa shape index (κ2) is 8.62. The highest BCUT2D eigenvalue weighted by atomic mass is 32.2. The molecule has 0 spiro atoms. The molecule has 1 aromatic rings. The maximum atomic E-state index is 13.1. The highest BCUT2D eigenvalue weighted by molar-refractivity contribution is 7.97. The fourth-order valence-corrected chi connectivity index (χ4v) is 4.00. The molecule has 26 heavy (non-hydrogen) atoms. The van der Waals surface area contributed by atoms with E-state index < -0.39 is 0 Å². The van der Waals surface area contributed by atoms with Crippen molar-refractivity contribution in [2.75, 3.05) is 13.8 Å². The molecule has 0 fully saturated rings. The van der Waals surface area contributed by atoms with E-state index >= 15 is 0 Å². The highest BCUT2D eigenvalue weighted by Gasteiger charge is 2.30. The van der Waals surface area contributed by atoms with Crippen molar-refractivity contribution in [1.29, 1.82) is 0 Å². The number of hydrazone groups is 1. The van der Waals surface area contributed by atoms with Crippen LogP contribution in [-0.4, -0.2) is 40.0 Å². The molecule has 3 rings (SSSR count). The Bertz CT molecular complexity index is 698. The second-order valence-electron chi connectivity index (χ2n) is 6.92. The number of nitrogens with zero attached hydrogens (tertiary/aromatic N) is 3. The van der Waals surface area contributed by atoms with Crippen molar-refractivity contribution in [3.63, 3.8) is 0 Å². The van der Waals surface area contributed by atoms with Gasteiger partial charge in [0.15, 0.2) is 5.71 Å². The lowest BCUT2D eigenvalue weighted by atomic mass is 9.95. The molecule has 1 aromatic carbocycles. The van der Waals surface area contributed by atoms with Crippen LogP contribution in [0.3, 0.4) is 0 Å². The van der Waals surface area contributed by atoms with Gasteiger partial charge in [-0.25, -0.2) is 4.41 Å². The highest BCUT2D eigenvalue weighted by Crippen LogP contribution is 2.27. The van der Waals surface area contributed by atoms with Gasteiger partial charge in [-0.05, 0) is 60.9 Å². The van der Waals surface area contributed by atoms with E-state index in [0.29, 0.717) is 24.2 Å². The maximum absolute atomic E-state index is 13.1. The van der Waals surface area contributed by atoms with Gasteiger partial charge in [0.05, 0.1) is 7.11 Å². The van der Waals surface area contributed by atoms with Crippen LogP contribution in [0.25, 0.3) is 0 Å². The smallest absolute Gasteiger partial charge is 0.276 e. The predicted octanol–water partition coefficient (Wildman–Crippen LogP) is 4.21. The summed E-state index contributed by atoms with van der Waals surface area (Å²) in [4.78, 5) is 15.0. The summed E-state index contributed by atoms with van der Waals surface area (Å²) in [5.41, 5.74) is 2.82. The van der Waals surface area contributed by atoms with Gasteiger partial charge in [-0.3, -0.25) is 4.79 Å². The summed E-state index contributed by atoms with van der Waals surface area (Å²) in [5, 5.41) is 5.09. The van der Waals surface area contributed by atoms with Crippen LogP contribution < -0.4 is 4.74 Å². The third-order valence-electron chi connectivity index (χ3n) is 4.45. The number of rotatable bonds is 6. The number of hydrogen-bond acceptors (Lipinski definition) is 5. The van der Waals surface area contributed by atoms with Crippen molar-refractivity contribution in [3.05, 3.63) is 41.5 Å². The number of benzene rings is 1. The molecule has 0 bridgehead atoms. The summed E-state index contributed by atoms with van der Waals surface area (Å²) in [6.45, 7) is 5.36. The monoisotopic (exact) mass is 373 g/mol. The summed E-state index contributed by atoms with van der Waals surface area (Å²) in [6, 6.07) is 7.89. The first kappa shape index (κ1) is 18.8. The Morgan fingerprint density at radius 3 is 2.62 bits per heavy atom. The molecule has 0 saturated carbocycles. The van der Waals surface area contributed by atoms with Crippen molar-refractivity contribution in [3.8, 4) is 5.75 Å². The number of hydrogen-bond donors (Lipinski definition) is 0. The molecule has 0 radical (unpaired) electrons. The third-order valence-corrected chi connectivity index (χ3v) is 5.32. The molecule has 1 aliphatic carbocycles. The topological polar surface area (TPSA) is 45.1 Å². The Morgan fingerprint density at radius 2 is 2.00 bits per heavy atom. The fourth-order valence-electron chi connectivity index (χ4n) is 3.17. The fraction of sp³-hybridized carbons (Fsp3) is 0.500. The van der Waals surface area contributed by atoms with Gasteiger partial charge in [0.2, 0.25) is 0 Å². The van der Waals surface area contributed by atoms with E-state index in [0.717, 1.165) is 36.1 Å². The van der Waals surface area contributed by atoms with Gasteiger partial charge in [0, 0.05) is 11.8 Å². The summed E-state index contributed by atoms with van der Waals surface area (Å²) in [7, 11) is 1.66. The SMILES string of the molecule is COc1ccc(CN2CN(SC(C)C)N=C(C3=CCCCC3)C2=O)cc1. The summed E-state index contributed by atoms with van der Waals surface area (Å²) in [5.74, 6) is 0.861. The zero-order valence-electron chi connectivity index (χ0n) is 15.8. The quantitative estimate of drug-likeness (QED) is 0.701. The molecule has 1 amide bonds. The molecule has 1 heterocycles. The number of ether oxygens (including phenoxy) is 1. The standard InChI is InChI=1S/C20H27N3O2S/c1-15(2)26-23-14-22(13-16-9-11-18(25-3)12-10-16)20(24)19(21-23)17-7-5-4-6-8-17/h7,9-12,15H,4-6,8,13-14H2,1-3H3. The normalized spacial score (nSPS) is 18.1. The van der Waals surface area contributed by atoms with E-state index in [4.69, 9.17) is 4.74 Å². The van der Waals surface area contributed by atoms with Gasteiger partial charge < -0.3 is 9.64 Å². The molecule has 0 N–H and O–H groups in total. The first-order chi connectivity index (χ1) is 12.6. The van der Waals surface area contributed by atoms with Crippen LogP contribution in [0.5, 0.6) is 5.75 Å². The van der Waals surface area contributed by atoms with E-state index in [9.17, 15) is 4.79 Å². The lowest BCUT2D eigenvalue weighted by molar-refractivity contribution is -0.127. The lowest BCUT2D eigenvalue weighted by Gasteiger charge is -2.34. The Hall–Kier alpha value is -1.95. The van der Waals surface area contributed by atoms with Crippen molar-refractivity contribution in [2.45, 2.75) is 51.3 Å². The molecule has 2 aliphatic rings. The van der Waals surface area contributed by atoms with E-state index in [-0.39, 0.29) is 5.91 Å². The van der Waals surface area contributed by atoms with Crippen LogP contribution in [0.4, 0.5) is 0 Å². The molecule has 5 nitrogen and oxygen atoms in total. The third kappa shape index (κ3) is 4.61. The molecule has 0 saturated heterocycles. The molecule has 0 aromatic heterocycles. The van der Waals surface area contributed by atoms with Gasteiger partial charge in [-0.15, -0.1) is 0 Å². The molecule has 0 unspecified atom stereocenters. The molecule has 0 atom stereocenters. The van der Waals surface area contributed by atoms with Gasteiger partial charge in [-0.1, -0.05) is 32.1 Å². The number of methoxy groups -OCH3 is 1. The van der Waals surface area contributed by atoms with Crippen molar-refractivity contribution in [2.24, 2.45) is 5.10 Å². The molecule has 140 valence electrons. The number of carbonyl (C=O) groups is 1. The van der Waals surface area contributed by atoms with Crippen LogP contribution in [0, 0.1) is 0 Å². The average Bonchev–Trinajstić information content (AvgIpc) is 2.65. The van der Waals surface area contributed by atoms with Crippen molar-refractivity contribution in [1.82, 2.24) is 9.31 Å². The lowest BCUT2D eigenvalue weighted by Crippen LogP contribution is -2.46. The second-order valence-corrected chi connectivity index (χ2v) is 8.50. The zero-order valence-corrected chi connectivity index (χ0v) is 16.6. The Morgan fingerprint density at radius 1 is 1.23 bits per heavy atom. The molecule has 6 heteroatoms. The number of allylic oxidation sites excluding steroid dienone is 1. The largest absolute Gasteiger partial charge is 0.497 e. The minimum atomic E-state index is 0.0366.